The van der Waals surface area contributed by atoms with Gasteiger partial charge in [-0.25, -0.2) is 5.43 Å². The lowest BCUT2D eigenvalue weighted by Crippen LogP contribution is -3.00. The number of nitrogens with one attached hydrogen (secondary N) is 1. The summed E-state index contributed by atoms with van der Waals surface area (Å²) in [4.78, 5) is 11.9. The quantitative estimate of drug-likeness (QED) is 0.315. The summed E-state index contributed by atoms with van der Waals surface area (Å²) in [5.74, 6) is 1.04. The zero-order valence-electron chi connectivity index (χ0n) is 16.0. The summed E-state index contributed by atoms with van der Waals surface area (Å²) < 4.78 is 13.0. The Bertz CT molecular complexity index is 935. The Morgan fingerprint density at radius 2 is 1.76 bits per heavy atom. The zero-order chi connectivity index (χ0) is 19.6. The molecule has 0 aliphatic rings. The first kappa shape index (κ1) is 21.9. The number of nitrogens with zero attached hydrogens (tertiary/aromatic N) is 2. The van der Waals surface area contributed by atoms with Gasteiger partial charge in [0.2, 0.25) is 6.54 Å². The Morgan fingerprint density at radius 1 is 1.03 bits per heavy atom. The number of hydrazone groups is 1. The maximum atomic E-state index is 11.9. The number of aromatic nitrogens is 1. The summed E-state index contributed by atoms with van der Waals surface area (Å²) in [6.45, 7) is 0.658. The molecule has 29 heavy (non-hydrogen) atoms. The van der Waals surface area contributed by atoms with Crippen LogP contribution in [0.3, 0.4) is 0 Å². The summed E-state index contributed by atoms with van der Waals surface area (Å²) in [7, 11) is 1.59. The molecule has 0 spiro atoms. The van der Waals surface area contributed by atoms with Crippen LogP contribution in [0.25, 0.3) is 0 Å². The van der Waals surface area contributed by atoms with E-state index in [0.717, 1.165) is 11.1 Å². The predicted octanol–water partition coefficient (Wildman–Crippen LogP) is -0.284. The van der Waals surface area contributed by atoms with E-state index in [1.165, 1.54) is 0 Å². The molecule has 1 aromatic heterocycles. The van der Waals surface area contributed by atoms with E-state index in [9.17, 15) is 4.79 Å². The summed E-state index contributed by atoms with van der Waals surface area (Å²) in [5, 5.41) is 4.00. The smallest absolute Gasteiger partial charge is 0.305 e. The van der Waals surface area contributed by atoms with Crippen LogP contribution in [0.15, 0.2) is 84.2 Å². The largest absolute Gasteiger partial charge is 1.00 e. The van der Waals surface area contributed by atoms with E-state index >= 15 is 0 Å². The van der Waals surface area contributed by atoms with Crippen molar-refractivity contribution >= 4 is 12.1 Å². The Balaban J connectivity index is 0.00000300. The van der Waals surface area contributed by atoms with E-state index in [-0.39, 0.29) is 24.9 Å². The number of carbonyl (C=O) groups excluding carboxylic acids is 1. The van der Waals surface area contributed by atoms with Crippen LogP contribution >= 0.6 is 0 Å². The molecule has 0 fully saturated rings. The molecular weight excluding hydrogens is 390 g/mol. The lowest BCUT2D eigenvalue weighted by atomic mass is 10.2. The van der Waals surface area contributed by atoms with Crippen molar-refractivity contribution in [2.24, 2.45) is 5.10 Å². The van der Waals surface area contributed by atoms with Crippen molar-refractivity contribution in [3.63, 3.8) is 0 Å². The van der Waals surface area contributed by atoms with Gasteiger partial charge in [0.15, 0.2) is 23.9 Å². The van der Waals surface area contributed by atoms with Gasteiger partial charge < -0.3 is 21.9 Å². The first-order valence-corrected chi connectivity index (χ1v) is 8.85. The molecule has 0 aliphatic heterocycles. The summed E-state index contributed by atoms with van der Waals surface area (Å²) in [6, 6.07) is 21.0. The summed E-state index contributed by atoms with van der Waals surface area (Å²) >= 11 is 0. The molecule has 0 atom stereocenters. The van der Waals surface area contributed by atoms with Crippen molar-refractivity contribution in [1.82, 2.24) is 5.43 Å². The van der Waals surface area contributed by atoms with E-state index in [4.69, 9.17) is 9.47 Å². The van der Waals surface area contributed by atoms with Crippen molar-refractivity contribution in [3.05, 3.63) is 90.3 Å². The molecule has 0 saturated heterocycles. The fourth-order valence-electron chi connectivity index (χ4n) is 2.54. The lowest BCUT2D eigenvalue weighted by molar-refractivity contribution is -0.684. The van der Waals surface area contributed by atoms with Crippen LogP contribution in [-0.4, -0.2) is 19.2 Å². The standard InChI is InChI=1S/C22H21N3O3.ClH/c1-27-21-14-19(10-11-20(21)28-17-18-8-4-2-5-9-18)15-23-24-22(26)16-25-12-6-3-7-13-25;/h2-15H,16-17H2,1H3;1H/b23-15+;. The minimum absolute atomic E-state index is 0. The topological polar surface area (TPSA) is 63.8 Å². The van der Waals surface area contributed by atoms with Gasteiger partial charge in [0.05, 0.1) is 13.3 Å². The fourth-order valence-corrected chi connectivity index (χ4v) is 2.54. The Hall–Kier alpha value is -3.38. The summed E-state index contributed by atoms with van der Waals surface area (Å²) in [6.07, 6.45) is 5.21. The van der Waals surface area contributed by atoms with Crippen LogP contribution in [-0.2, 0) is 17.9 Å². The van der Waals surface area contributed by atoms with Gasteiger partial charge in [0, 0.05) is 12.1 Å². The number of pyridine rings is 1. The third-order valence-electron chi connectivity index (χ3n) is 3.93. The number of benzene rings is 2. The van der Waals surface area contributed by atoms with Gasteiger partial charge in [-0.3, -0.25) is 4.79 Å². The number of rotatable bonds is 8. The number of halogens is 1. The van der Waals surface area contributed by atoms with E-state index in [1.54, 1.807) is 17.9 Å². The van der Waals surface area contributed by atoms with Crippen LogP contribution in [0.4, 0.5) is 0 Å². The zero-order valence-corrected chi connectivity index (χ0v) is 16.8. The number of methoxy groups -OCH3 is 1. The highest BCUT2D eigenvalue weighted by atomic mass is 35.5. The Kier molecular flexibility index (Phi) is 8.66. The molecule has 0 bridgehead atoms. The fraction of sp³-hybridized carbons (Fsp3) is 0.136. The highest BCUT2D eigenvalue weighted by Gasteiger charge is 2.08. The number of hydrogen-bond donors (Lipinski definition) is 1. The van der Waals surface area contributed by atoms with E-state index in [2.05, 4.69) is 10.5 Å². The number of ether oxygens (including phenoxy) is 2. The van der Waals surface area contributed by atoms with Crippen molar-refractivity contribution in [2.75, 3.05) is 7.11 Å². The maximum Gasteiger partial charge on any atom is 0.305 e. The lowest BCUT2D eigenvalue weighted by Gasteiger charge is -2.11. The number of amides is 1. The Labute approximate surface area is 176 Å². The molecule has 0 saturated carbocycles. The SMILES string of the molecule is COc1cc(/C=N/NC(=O)C[n+]2ccccc2)ccc1OCc1ccccc1.[Cl-]. The number of hydrogen-bond acceptors (Lipinski definition) is 4. The molecule has 1 amide bonds. The second-order valence-corrected chi connectivity index (χ2v) is 6.03. The van der Waals surface area contributed by atoms with Gasteiger partial charge in [-0.05, 0) is 29.3 Å². The first-order chi connectivity index (χ1) is 13.7. The number of carbonyl (C=O) groups is 1. The van der Waals surface area contributed by atoms with Gasteiger partial charge in [-0.15, -0.1) is 0 Å². The van der Waals surface area contributed by atoms with Gasteiger partial charge >= 0.3 is 5.91 Å². The van der Waals surface area contributed by atoms with Crippen molar-refractivity contribution in [1.29, 1.82) is 0 Å². The van der Waals surface area contributed by atoms with E-state index < -0.39 is 0 Å². The first-order valence-electron chi connectivity index (χ1n) is 8.85. The molecule has 7 heteroatoms. The molecular formula is C22H22ClN3O3. The minimum Gasteiger partial charge on any atom is -1.00 e. The minimum atomic E-state index is -0.206. The molecule has 1 N–H and O–H groups in total. The molecule has 3 aromatic rings. The van der Waals surface area contributed by atoms with Crippen LogP contribution in [0.1, 0.15) is 11.1 Å². The van der Waals surface area contributed by atoms with Crippen LogP contribution in [0, 0.1) is 0 Å². The average Bonchev–Trinajstić information content (AvgIpc) is 2.74. The molecule has 0 unspecified atom stereocenters. The van der Waals surface area contributed by atoms with E-state index in [1.807, 2.05) is 79.1 Å². The predicted molar refractivity (Wildman–Crippen MR) is 106 cm³/mol. The normalized spacial score (nSPS) is 10.2. The van der Waals surface area contributed by atoms with Crippen molar-refractivity contribution in [3.8, 4) is 11.5 Å². The highest BCUT2D eigenvalue weighted by molar-refractivity contribution is 5.82. The van der Waals surface area contributed by atoms with Crippen LogP contribution in [0.2, 0.25) is 0 Å². The van der Waals surface area contributed by atoms with Gasteiger partial charge in [-0.1, -0.05) is 36.4 Å². The van der Waals surface area contributed by atoms with Gasteiger partial charge in [0.1, 0.15) is 6.61 Å². The van der Waals surface area contributed by atoms with Crippen molar-refractivity contribution < 1.29 is 31.2 Å². The Morgan fingerprint density at radius 3 is 2.48 bits per heavy atom. The van der Waals surface area contributed by atoms with Gasteiger partial charge in [-0.2, -0.15) is 9.67 Å². The molecule has 3 rings (SSSR count). The molecule has 150 valence electrons. The van der Waals surface area contributed by atoms with Gasteiger partial charge in [0.25, 0.3) is 0 Å². The highest BCUT2D eigenvalue weighted by Crippen LogP contribution is 2.28. The molecule has 6 nitrogen and oxygen atoms in total. The second kappa shape index (κ2) is 11.5. The van der Waals surface area contributed by atoms with Crippen LogP contribution < -0.4 is 31.9 Å². The van der Waals surface area contributed by atoms with E-state index in [0.29, 0.717) is 18.1 Å². The monoisotopic (exact) mass is 411 g/mol. The van der Waals surface area contributed by atoms with Crippen molar-refractivity contribution in [2.45, 2.75) is 13.2 Å². The molecule has 1 heterocycles. The third-order valence-corrected chi connectivity index (χ3v) is 3.93. The molecule has 0 radical (unpaired) electrons. The molecule has 2 aromatic carbocycles. The second-order valence-electron chi connectivity index (χ2n) is 6.03. The third kappa shape index (κ3) is 6.93. The maximum absolute atomic E-state index is 11.9. The average molecular weight is 412 g/mol. The van der Waals surface area contributed by atoms with Crippen LogP contribution in [0.5, 0.6) is 11.5 Å². The molecule has 0 aliphatic carbocycles. The summed E-state index contributed by atoms with van der Waals surface area (Å²) in [5.41, 5.74) is 4.38.